The molecule has 11 heteroatoms. The van der Waals surface area contributed by atoms with Crippen LogP contribution in [0.3, 0.4) is 0 Å². The molecule has 0 aliphatic carbocycles. The molecule has 2 amide bonds. The van der Waals surface area contributed by atoms with Crippen LogP contribution in [0.1, 0.15) is 43.6 Å². The van der Waals surface area contributed by atoms with Gasteiger partial charge in [0.05, 0.1) is 24.0 Å². The number of hydrogen-bond acceptors (Lipinski definition) is 6. The van der Waals surface area contributed by atoms with Crippen molar-refractivity contribution in [2.75, 3.05) is 13.1 Å². The molecule has 7 rings (SSSR count). The van der Waals surface area contributed by atoms with Gasteiger partial charge in [0, 0.05) is 16.3 Å². The Hall–Kier alpha value is -3.86. The molecule has 1 aromatic heterocycles. The number of thioether (sulfide) groups is 1. The molecule has 3 aliphatic rings. The first-order valence-corrected chi connectivity index (χ1v) is 16.8. The van der Waals surface area contributed by atoms with Gasteiger partial charge in [0.1, 0.15) is 23.3 Å². The molecule has 0 bridgehead atoms. The van der Waals surface area contributed by atoms with Gasteiger partial charge in [-0.25, -0.2) is 9.78 Å². The molecule has 1 unspecified atom stereocenters. The Labute approximate surface area is 277 Å². The minimum absolute atomic E-state index is 0.202. The van der Waals surface area contributed by atoms with Crippen molar-refractivity contribution < 1.29 is 19.5 Å². The van der Waals surface area contributed by atoms with Crippen molar-refractivity contribution in [1.82, 2.24) is 24.7 Å². The molecule has 9 nitrogen and oxygen atoms in total. The lowest BCUT2D eigenvalue weighted by Gasteiger charge is -2.43. The summed E-state index contributed by atoms with van der Waals surface area (Å²) in [5.74, 6) is -0.399. The summed E-state index contributed by atoms with van der Waals surface area (Å²) >= 11 is 7.43. The van der Waals surface area contributed by atoms with Crippen LogP contribution in [0.2, 0.25) is 5.02 Å². The number of hydrogen-bond donors (Lipinski definition) is 2. The lowest BCUT2D eigenvalue weighted by atomic mass is 9.96. The lowest BCUT2D eigenvalue weighted by molar-refractivity contribution is -0.161. The molecule has 3 saturated heterocycles. The minimum atomic E-state index is -1.01. The van der Waals surface area contributed by atoms with Crippen LogP contribution >= 0.6 is 23.4 Å². The number of carbonyl (C=O) groups excluding carboxylic acids is 2. The number of fused-ring (bicyclic) bond motifs is 2. The van der Waals surface area contributed by atoms with E-state index in [-0.39, 0.29) is 23.6 Å². The molecule has 3 aromatic carbocycles. The number of nitrogens with zero attached hydrogens (tertiary/aromatic N) is 4. The number of carbonyl (C=O) groups is 3. The van der Waals surface area contributed by atoms with Gasteiger partial charge in [0.2, 0.25) is 11.8 Å². The topological polar surface area (TPSA) is 108 Å². The number of imidazole rings is 1. The Bertz CT molecular complexity index is 1720. The summed E-state index contributed by atoms with van der Waals surface area (Å²) in [4.78, 5) is 44.6. The van der Waals surface area contributed by atoms with Crippen LogP contribution in [0.25, 0.3) is 11.0 Å². The lowest BCUT2D eigenvalue weighted by Crippen LogP contribution is -2.70. The maximum Gasteiger partial charge on any atom is 0.327 e. The Morgan fingerprint density at radius 1 is 0.957 bits per heavy atom. The second-order valence-corrected chi connectivity index (χ2v) is 14.7. The molecular formula is C35H38ClN5O4S. The van der Waals surface area contributed by atoms with E-state index in [4.69, 9.17) is 16.6 Å². The molecule has 4 heterocycles. The highest BCUT2D eigenvalue weighted by molar-refractivity contribution is 8.01. The molecular weight excluding hydrogens is 622 g/mol. The van der Waals surface area contributed by atoms with Crippen molar-refractivity contribution in [3.8, 4) is 0 Å². The predicted octanol–water partition coefficient (Wildman–Crippen LogP) is 5.19. The van der Waals surface area contributed by atoms with Gasteiger partial charge in [-0.3, -0.25) is 14.5 Å². The fourth-order valence-electron chi connectivity index (χ4n) is 6.49. The Balaban J connectivity index is 0.000000162. The zero-order valence-electron chi connectivity index (χ0n) is 25.9. The number of halogens is 1. The third-order valence-corrected chi connectivity index (χ3v) is 10.6. The SMILES string of the molecule is CC1(C)SC2[C@H](NC(=O)Cc3ccccc3)C(=O)N2[C@H]1C(=O)O.Clc1ccc(Cn2c(CN3CCCC3)nc3ccccc32)cc1. The average molecular weight is 660 g/mol. The number of rotatable bonds is 8. The molecule has 0 radical (unpaired) electrons. The largest absolute Gasteiger partial charge is 0.480 e. The maximum absolute atomic E-state index is 12.3. The summed E-state index contributed by atoms with van der Waals surface area (Å²) in [6.45, 7) is 7.76. The van der Waals surface area contributed by atoms with Crippen molar-refractivity contribution in [2.45, 2.75) is 68.4 Å². The number of aliphatic carboxylic acids is 1. The van der Waals surface area contributed by atoms with Crippen LogP contribution in [0.4, 0.5) is 0 Å². The number of likely N-dealkylation sites (tertiary alicyclic amines) is 1. The Kier molecular flexibility index (Phi) is 9.40. The normalized spacial score (nSPS) is 21.8. The fourth-order valence-corrected chi connectivity index (χ4v) is 8.24. The number of amides is 2. The summed E-state index contributed by atoms with van der Waals surface area (Å²) in [5.41, 5.74) is 4.41. The van der Waals surface area contributed by atoms with E-state index < -0.39 is 22.8 Å². The predicted molar refractivity (Wildman–Crippen MR) is 181 cm³/mol. The van der Waals surface area contributed by atoms with Crippen molar-refractivity contribution in [3.63, 3.8) is 0 Å². The number of β-lactam (4-membered cyclic amide) rings is 1. The number of para-hydroxylation sites is 2. The summed E-state index contributed by atoms with van der Waals surface area (Å²) in [6.07, 6.45) is 2.81. The summed E-state index contributed by atoms with van der Waals surface area (Å²) in [7, 11) is 0. The molecule has 2 N–H and O–H groups in total. The van der Waals surface area contributed by atoms with Crippen LogP contribution < -0.4 is 5.32 Å². The van der Waals surface area contributed by atoms with Crippen molar-refractivity contribution in [2.24, 2.45) is 0 Å². The highest BCUT2D eigenvalue weighted by Gasteiger charge is 2.64. The Morgan fingerprint density at radius 3 is 2.33 bits per heavy atom. The quantitative estimate of drug-likeness (QED) is 0.251. The smallest absolute Gasteiger partial charge is 0.327 e. The van der Waals surface area contributed by atoms with E-state index >= 15 is 0 Å². The maximum atomic E-state index is 12.3. The van der Waals surface area contributed by atoms with Gasteiger partial charge in [0.15, 0.2) is 0 Å². The average Bonchev–Trinajstić information content (AvgIpc) is 3.73. The van der Waals surface area contributed by atoms with Gasteiger partial charge in [-0.05, 0) is 75.2 Å². The molecule has 0 saturated carbocycles. The van der Waals surface area contributed by atoms with Gasteiger partial charge >= 0.3 is 5.97 Å². The van der Waals surface area contributed by atoms with E-state index in [0.29, 0.717) is 0 Å². The van der Waals surface area contributed by atoms with Crippen LogP contribution in [0, 0.1) is 0 Å². The molecule has 3 aliphatic heterocycles. The third-order valence-electron chi connectivity index (χ3n) is 8.75. The van der Waals surface area contributed by atoms with E-state index in [2.05, 4.69) is 51.2 Å². The van der Waals surface area contributed by atoms with Gasteiger partial charge in [-0.2, -0.15) is 0 Å². The molecule has 46 heavy (non-hydrogen) atoms. The standard InChI is InChI=1S/C19H20ClN3.C16H18N2O4S/c20-16-9-7-15(8-10-16)13-23-18-6-2-1-5-17(18)21-19(23)14-22-11-3-4-12-22;1-16(2)12(15(21)22)18-13(20)11(14(18)23-16)17-10(19)8-9-6-4-3-5-7-9/h1-2,5-10H,3-4,11-14H2;3-7,11-12,14H,8H2,1-2H3,(H,17,19)(H,21,22)/t;11-,12+,14?/m.1/s1. The van der Waals surface area contributed by atoms with Crippen molar-refractivity contribution in [1.29, 1.82) is 0 Å². The van der Waals surface area contributed by atoms with Crippen LogP contribution in [-0.4, -0.2) is 77.5 Å². The van der Waals surface area contributed by atoms with Gasteiger partial charge < -0.3 is 19.9 Å². The van der Waals surface area contributed by atoms with Gasteiger partial charge in [0.25, 0.3) is 0 Å². The van der Waals surface area contributed by atoms with Crippen LogP contribution in [0.5, 0.6) is 0 Å². The number of nitrogens with one attached hydrogen (secondary N) is 1. The van der Waals surface area contributed by atoms with Gasteiger partial charge in [-0.15, -0.1) is 11.8 Å². The summed E-state index contributed by atoms with van der Waals surface area (Å²) in [5, 5.41) is 12.6. The molecule has 4 aromatic rings. The first-order valence-electron chi connectivity index (χ1n) is 15.6. The molecule has 0 spiro atoms. The highest BCUT2D eigenvalue weighted by atomic mass is 35.5. The third kappa shape index (κ3) is 6.79. The first-order chi connectivity index (χ1) is 22.1. The first kappa shape index (κ1) is 32.1. The number of aromatic nitrogens is 2. The Morgan fingerprint density at radius 2 is 1.63 bits per heavy atom. The van der Waals surface area contributed by atoms with Gasteiger partial charge in [-0.1, -0.05) is 66.2 Å². The van der Waals surface area contributed by atoms with E-state index in [0.717, 1.165) is 35.0 Å². The summed E-state index contributed by atoms with van der Waals surface area (Å²) in [6, 6.07) is 24.3. The van der Waals surface area contributed by atoms with E-state index in [1.807, 2.05) is 56.3 Å². The number of benzene rings is 3. The molecule has 3 atom stereocenters. The minimum Gasteiger partial charge on any atom is -0.480 e. The second-order valence-electron chi connectivity index (χ2n) is 12.5. The zero-order valence-corrected chi connectivity index (χ0v) is 27.5. The number of carboxylic acid groups (broad SMARTS) is 1. The highest BCUT2D eigenvalue weighted by Crippen LogP contribution is 2.50. The van der Waals surface area contributed by atoms with Crippen LogP contribution in [-0.2, 0) is 33.9 Å². The van der Waals surface area contributed by atoms with E-state index in [9.17, 15) is 19.5 Å². The second kappa shape index (κ2) is 13.5. The van der Waals surface area contributed by atoms with Crippen molar-refractivity contribution >= 4 is 52.2 Å². The van der Waals surface area contributed by atoms with Crippen LogP contribution in [0.15, 0.2) is 78.9 Å². The van der Waals surface area contributed by atoms with Crippen molar-refractivity contribution in [3.05, 3.63) is 101 Å². The van der Waals surface area contributed by atoms with E-state index in [1.54, 1.807) is 0 Å². The molecule has 240 valence electrons. The fraction of sp³-hybridized carbons (Fsp3) is 0.371. The summed E-state index contributed by atoms with van der Waals surface area (Å²) < 4.78 is 1.77. The van der Waals surface area contributed by atoms with E-state index in [1.165, 1.54) is 53.7 Å². The zero-order chi connectivity index (χ0) is 32.4. The monoisotopic (exact) mass is 659 g/mol. The number of carboxylic acids is 1. The molecule has 3 fully saturated rings.